The highest BCUT2D eigenvalue weighted by Crippen LogP contribution is 2.78. The van der Waals surface area contributed by atoms with Gasteiger partial charge in [0.25, 0.3) is 0 Å². The van der Waals surface area contributed by atoms with Gasteiger partial charge in [-0.2, -0.15) is 0 Å². The Labute approximate surface area is 308 Å². The molecule has 0 radical (unpaired) electrons. The largest absolute Gasteiger partial charge is 0.481 e. The second kappa shape index (κ2) is 12.9. The number of sulfone groups is 1. The third-order valence-corrected chi connectivity index (χ3v) is 18.5. The van der Waals surface area contributed by atoms with Crippen molar-refractivity contribution >= 4 is 27.7 Å². The van der Waals surface area contributed by atoms with Crippen LogP contribution in [0.25, 0.3) is 0 Å². The quantitative estimate of drug-likeness (QED) is 0.198. The lowest BCUT2D eigenvalue weighted by Crippen LogP contribution is -2.67. The van der Waals surface area contributed by atoms with Crippen LogP contribution in [-0.2, 0) is 29.0 Å². The molecule has 6 rings (SSSR count). The van der Waals surface area contributed by atoms with Crippen molar-refractivity contribution in [3.63, 3.8) is 0 Å². The number of amides is 1. The van der Waals surface area contributed by atoms with Crippen molar-refractivity contribution in [3.05, 3.63) is 12.2 Å². The molecule has 51 heavy (non-hydrogen) atoms. The molecule has 5 saturated carbocycles. The van der Waals surface area contributed by atoms with Crippen LogP contribution >= 0.6 is 0 Å². The molecule has 0 aromatic carbocycles. The molecule has 0 aromatic heterocycles. The van der Waals surface area contributed by atoms with Crippen molar-refractivity contribution < 1.29 is 32.6 Å². The lowest BCUT2D eigenvalue weighted by Gasteiger charge is -2.73. The van der Waals surface area contributed by atoms with E-state index >= 15 is 0 Å². The molecule has 1 N–H and O–H groups in total. The molecule has 1 heterocycles. The summed E-state index contributed by atoms with van der Waals surface area (Å²) in [6, 6.07) is 0. The first-order valence-electron chi connectivity index (χ1n) is 20.1. The van der Waals surface area contributed by atoms with Crippen LogP contribution in [0.4, 0.5) is 0 Å². The molecule has 288 valence electrons. The molecular formula is C42H67NO7S. The predicted molar refractivity (Wildman–Crippen MR) is 199 cm³/mol. The highest BCUT2D eigenvalue weighted by molar-refractivity contribution is 7.91. The number of esters is 1. The van der Waals surface area contributed by atoms with E-state index in [1.807, 2.05) is 18.7 Å². The molecule has 0 bridgehead atoms. The van der Waals surface area contributed by atoms with Crippen LogP contribution in [0, 0.1) is 62.1 Å². The fourth-order valence-electron chi connectivity index (χ4n) is 14.2. The number of carbonyl (C=O) groups excluding carboxylic acids is 2. The first kappa shape index (κ1) is 38.8. The summed E-state index contributed by atoms with van der Waals surface area (Å²) in [5.74, 6) is 1.47. The minimum atomic E-state index is -3.05. The standard InChI is InChI=1S/C42H67NO7S/c1-27(2)28-12-17-42(24-33(44)43-20-22-51(48,49)23-21-43)19-18-40(8)29(36(28)42)10-11-31-39(7)15-14-32(38(5,6)30(39)13-16-41(31,40)9)50-35(47)26-37(3,4)25-34(45)46/h28-32,36H,1,10-26H2,2-9H3,(H,45,46)/t28-,29+,30-,31+,32-,36+,39-,40+,41+,42+/m0/s1. The first-order valence-corrected chi connectivity index (χ1v) is 21.9. The predicted octanol–water partition coefficient (Wildman–Crippen LogP) is 8.09. The van der Waals surface area contributed by atoms with Crippen molar-refractivity contribution in [2.45, 2.75) is 145 Å². The lowest BCUT2D eigenvalue weighted by atomic mass is 9.32. The van der Waals surface area contributed by atoms with E-state index in [0.29, 0.717) is 49.1 Å². The molecule has 6 aliphatic rings. The number of ether oxygens (including phenoxy) is 1. The van der Waals surface area contributed by atoms with Crippen molar-refractivity contribution in [1.82, 2.24) is 4.90 Å². The van der Waals surface area contributed by atoms with Gasteiger partial charge in [0.1, 0.15) is 6.10 Å². The molecule has 0 unspecified atom stereocenters. The number of carboxylic acids is 1. The Morgan fingerprint density at radius 1 is 0.843 bits per heavy atom. The summed E-state index contributed by atoms with van der Waals surface area (Å²) in [5.41, 5.74) is 0.786. The van der Waals surface area contributed by atoms with Gasteiger partial charge in [-0.3, -0.25) is 14.4 Å². The Balaban J connectivity index is 1.23. The van der Waals surface area contributed by atoms with Crippen molar-refractivity contribution in [1.29, 1.82) is 0 Å². The van der Waals surface area contributed by atoms with Gasteiger partial charge in [0, 0.05) is 24.9 Å². The number of carbonyl (C=O) groups is 3. The van der Waals surface area contributed by atoms with Gasteiger partial charge in [-0.15, -0.1) is 0 Å². The third-order valence-electron chi connectivity index (χ3n) is 16.9. The summed E-state index contributed by atoms with van der Waals surface area (Å²) < 4.78 is 30.5. The van der Waals surface area contributed by atoms with Gasteiger partial charge >= 0.3 is 11.9 Å². The Hall–Kier alpha value is -1.90. The number of rotatable bonds is 8. The van der Waals surface area contributed by atoms with Crippen LogP contribution < -0.4 is 0 Å². The molecule has 9 heteroatoms. The second-order valence-electron chi connectivity index (χ2n) is 20.5. The second-order valence-corrected chi connectivity index (χ2v) is 22.8. The zero-order valence-electron chi connectivity index (χ0n) is 32.9. The molecule has 1 saturated heterocycles. The highest BCUT2D eigenvalue weighted by atomic mass is 32.2. The summed E-state index contributed by atoms with van der Waals surface area (Å²) in [5, 5.41) is 9.34. The SMILES string of the molecule is C=C(C)[C@@H]1CC[C@]2(CC(=O)N3CCS(=O)(=O)CC3)CC[C@]3(C)[C@H](CC[C@@H]4[C@@]5(C)CC[C@H](OC(=O)CC(C)(C)CC(=O)O)C(C)(C)[C@@H]5CC[C@]43C)[C@@H]12. The van der Waals surface area contributed by atoms with Gasteiger partial charge in [-0.1, -0.05) is 60.6 Å². The maximum Gasteiger partial charge on any atom is 0.306 e. The average molecular weight is 730 g/mol. The number of nitrogens with zero attached hydrogens (tertiary/aromatic N) is 1. The van der Waals surface area contributed by atoms with E-state index in [-0.39, 0.29) is 69.4 Å². The normalized spacial score (nSPS) is 42.8. The Bertz CT molecular complexity index is 1540. The van der Waals surface area contributed by atoms with Crippen LogP contribution in [0.1, 0.15) is 139 Å². The fraction of sp³-hybridized carbons (Fsp3) is 0.881. The maximum atomic E-state index is 13.9. The Morgan fingerprint density at radius 2 is 1.51 bits per heavy atom. The molecule has 0 spiro atoms. The van der Waals surface area contributed by atoms with Gasteiger partial charge in [-0.25, -0.2) is 8.42 Å². The minimum absolute atomic E-state index is 0.0472. The summed E-state index contributed by atoms with van der Waals surface area (Å²) in [6.07, 6.45) is 11.2. The van der Waals surface area contributed by atoms with Gasteiger partial charge in [0.2, 0.25) is 5.91 Å². The fourth-order valence-corrected chi connectivity index (χ4v) is 15.4. The summed E-state index contributed by atoms with van der Waals surface area (Å²) in [4.78, 5) is 40.4. The summed E-state index contributed by atoms with van der Waals surface area (Å²) in [6.45, 7) is 23.4. The van der Waals surface area contributed by atoms with Gasteiger partial charge in [0.05, 0.1) is 24.3 Å². The average Bonchev–Trinajstić information content (AvgIpc) is 3.37. The first-order chi connectivity index (χ1) is 23.5. The van der Waals surface area contributed by atoms with Crippen molar-refractivity contribution in [2.75, 3.05) is 24.6 Å². The van der Waals surface area contributed by atoms with Crippen LogP contribution in [0.15, 0.2) is 12.2 Å². The van der Waals surface area contributed by atoms with E-state index < -0.39 is 21.2 Å². The molecule has 5 aliphatic carbocycles. The van der Waals surface area contributed by atoms with Crippen molar-refractivity contribution in [2.24, 2.45) is 62.1 Å². The summed E-state index contributed by atoms with van der Waals surface area (Å²) >= 11 is 0. The molecule has 1 aliphatic heterocycles. The molecule has 10 atom stereocenters. The number of hydrogen-bond acceptors (Lipinski definition) is 6. The smallest absolute Gasteiger partial charge is 0.306 e. The van der Waals surface area contributed by atoms with Crippen LogP contribution in [0.3, 0.4) is 0 Å². The van der Waals surface area contributed by atoms with Crippen LogP contribution in [0.5, 0.6) is 0 Å². The van der Waals surface area contributed by atoms with E-state index in [0.717, 1.165) is 51.4 Å². The zero-order valence-corrected chi connectivity index (χ0v) is 33.8. The van der Waals surface area contributed by atoms with E-state index in [2.05, 4.69) is 48.1 Å². The van der Waals surface area contributed by atoms with Crippen molar-refractivity contribution in [3.8, 4) is 0 Å². The summed E-state index contributed by atoms with van der Waals surface area (Å²) in [7, 11) is -3.05. The number of allylic oxidation sites excluding steroid dienone is 1. The number of fused-ring (bicyclic) bond motifs is 7. The van der Waals surface area contributed by atoms with Gasteiger partial charge in [-0.05, 0) is 128 Å². The third kappa shape index (κ3) is 6.43. The monoisotopic (exact) mass is 729 g/mol. The molecular weight excluding hydrogens is 663 g/mol. The Morgan fingerprint density at radius 3 is 2.14 bits per heavy atom. The number of carboxylic acid groups (broad SMARTS) is 1. The van der Waals surface area contributed by atoms with Crippen LogP contribution in [-0.4, -0.2) is 67.0 Å². The number of aliphatic carboxylic acids is 1. The van der Waals surface area contributed by atoms with Gasteiger partial charge in [0.15, 0.2) is 9.84 Å². The maximum absolute atomic E-state index is 13.9. The van der Waals surface area contributed by atoms with Gasteiger partial charge < -0.3 is 14.7 Å². The van der Waals surface area contributed by atoms with E-state index in [1.165, 1.54) is 18.4 Å². The van der Waals surface area contributed by atoms with E-state index in [9.17, 15) is 27.9 Å². The molecule has 6 fully saturated rings. The molecule has 0 aromatic rings. The van der Waals surface area contributed by atoms with Crippen LogP contribution in [0.2, 0.25) is 0 Å². The minimum Gasteiger partial charge on any atom is -0.481 e. The lowest BCUT2D eigenvalue weighted by molar-refractivity contribution is -0.250. The van der Waals surface area contributed by atoms with E-state index in [4.69, 9.17) is 4.74 Å². The topological polar surface area (TPSA) is 118 Å². The Kier molecular flexibility index (Phi) is 9.78. The number of hydrogen-bond donors (Lipinski definition) is 1. The molecule has 8 nitrogen and oxygen atoms in total. The zero-order chi connectivity index (χ0) is 37.6. The van der Waals surface area contributed by atoms with E-state index in [1.54, 1.807) is 0 Å². The molecule has 1 amide bonds. The highest BCUT2D eigenvalue weighted by Gasteiger charge is 2.71.